The summed E-state index contributed by atoms with van der Waals surface area (Å²) in [4.78, 5) is 4.52. The molecule has 0 fully saturated rings. The molecule has 168 valence electrons. The normalized spacial score (nSPS) is 11.7. The lowest BCUT2D eigenvalue weighted by molar-refractivity contribution is -0.135. The molecule has 11 heteroatoms. The maximum absolute atomic E-state index is 12.3. The van der Waals surface area contributed by atoms with Crippen molar-refractivity contribution in [2.75, 3.05) is 13.7 Å². The minimum absolute atomic E-state index is 0. The van der Waals surface area contributed by atoms with Crippen molar-refractivity contribution in [1.29, 1.82) is 0 Å². The van der Waals surface area contributed by atoms with Crippen molar-refractivity contribution >= 4 is 29.9 Å². The number of hydrogen-bond acceptors (Lipinski definition) is 4. The second-order valence-corrected chi connectivity index (χ2v) is 6.59. The molecule has 0 aliphatic rings. The number of nitrogens with zero attached hydrogens (tertiary/aromatic N) is 4. The van der Waals surface area contributed by atoms with E-state index in [0.29, 0.717) is 32.0 Å². The number of ether oxygens (including phenoxy) is 1. The van der Waals surface area contributed by atoms with Gasteiger partial charge in [0.05, 0.1) is 20.2 Å². The fraction of sp³-hybridized carbons (Fsp3) is 0.526. The van der Waals surface area contributed by atoms with Crippen molar-refractivity contribution in [3.8, 4) is 5.75 Å². The van der Waals surface area contributed by atoms with Crippen molar-refractivity contribution in [2.24, 2.45) is 12.0 Å². The van der Waals surface area contributed by atoms with Gasteiger partial charge in [-0.1, -0.05) is 12.1 Å². The average molecular weight is 540 g/mol. The summed E-state index contributed by atoms with van der Waals surface area (Å²) in [6.45, 7) is 3.06. The molecule has 1 heterocycles. The zero-order valence-electron chi connectivity index (χ0n) is 17.3. The van der Waals surface area contributed by atoms with Gasteiger partial charge in [0.2, 0.25) is 0 Å². The van der Waals surface area contributed by atoms with Crippen molar-refractivity contribution < 1.29 is 17.9 Å². The molecule has 2 aromatic rings. The van der Waals surface area contributed by atoms with Gasteiger partial charge in [-0.25, -0.2) is 4.99 Å². The van der Waals surface area contributed by atoms with Crippen molar-refractivity contribution in [3.05, 3.63) is 41.5 Å². The van der Waals surface area contributed by atoms with E-state index in [-0.39, 0.29) is 30.4 Å². The van der Waals surface area contributed by atoms with E-state index >= 15 is 0 Å². The minimum Gasteiger partial charge on any atom is -0.497 e. The Hall–Kier alpha value is -2.05. The summed E-state index contributed by atoms with van der Waals surface area (Å²) in [5.41, 5.74) is 0.985. The molecule has 1 aromatic heterocycles. The molecular weight excluding hydrogens is 512 g/mol. The molecule has 0 amide bonds. The lowest BCUT2D eigenvalue weighted by atomic mass is 10.2. The largest absolute Gasteiger partial charge is 0.497 e. The van der Waals surface area contributed by atoms with Gasteiger partial charge in [-0.05, 0) is 37.5 Å². The van der Waals surface area contributed by atoms with E-state index in [4.69, 9.17) is 4.74 Å². The van der Waals surface area contributed by atoms with Crippen molar-refractivity contribution in [1.82, 2.24) is 25.4 Å². The van der Waals surface area contributed by atoms with Crippen LogP contribution in [0.15, 0.2) is 29.3 Å². The highest BCUT2D eigenvalue weighted by Crippen LogP contribution is 2.21. The minimum atomic E-state index is -4.12. The van der Waals surface area contributed by atoms with Crippen LogP contribution in [-0.2, 0) is 20.1 Å². The smallest absolute Gasteiger partial charge is 0.389 e. The molecule has 7 nitrogen and oxygen atoms in total. The summed E-state index contributed by atoms with van der Waals surface area (Å²) < 4.78 is 43.8. The Morgan fingerprint density at radius 3 is 2.40 bits per heavy atom. The zero-order chi connectivity index (χ0) is 21.3. The average Bonchev–Trinajstić information content (AvgIpc) is 3.00. The highest BCUT2D eigenvalue weighted by molar-refractivity contribution is 14.0. The van der Waals surface area contributed by atoms with Crippen LogP contribution in [0.1, 0.15) is 36.5 Å². The Balaban J connectivity index is 0.00000450. The lowest BCUT2D eigenvalue weighted by Crippen LogP contribution is -2.38. The summed E-state index contributed by atoms with van der Waals surface area (Å²) in [5, 5.41) is 14.3. The fourth-order valence-corrected chi connectivity index (χ4v) is 2.50. The van der Waals surface area contributed by atoms with Crippen LogP contribution >= 0.6 is 24.0 Å². The first-order valence-corrected chi connectivity index (χ1v) is 9.35. The van der Waals surface area contributed by atoms with Gasteiger partial charge in [0.25, 0.3) is 0 Å². The van der Waals surface area contributed by atoms with E-state index < -0.39 is 12.6 Å². The monoisotopic (exact) mass is 540 g/mol. The van der Waals surface area contributed by atoms with E-state index in [2.05, 4.69) is 25.8 Å². The number of rotatable bonds is 9. The third-order valence-electron chi connectivity index (χ3n) is 4.35. The number of benzene rings is 1. The second-order valence-electron chi connectivity index (χ2n) is 6.59. The molecule has 0 aliphatic heterocycles. The number of aromatic nitrogens is 3. The molecule has 0 atom stereocenters. The van der Waals surface area contributed by atoms with E-state index in [0.717, 1.165) is 23.0 Å². The van der Waals surface area contributed by atoms with Gasteiger partial charge in [-0.15, -0.1) is 34.2 Å². The molecular formula is C19H28F3IN6O. The molecule has 0 saturated heterocycles. The third kappa shape index (κ3) is 9.18. The van der Waals surface area contributed by atoms with E-state index in [9.17, 15) is 13.2 Å². The molecule has 0 bridgehead atoms. The molecule has 30 heavy (non-hydrogen) atoms. The second kappa shape index (κ2) is 12.6. The standard InChI is InChI=1S/C19H27F3N6O.HI/c1-14-26-27-17(28(14)2)13-25-18(23-11-5-4-10-19(20,21)22)24-12-15-6-8-16(29-3)9-7-15;/h6-9H,4-5,10-13H2,1-3H3,(H2,23,24,25);1H. The van der Waals surface area contributed by atoms with E-state index in [1.165, 1.54) is 0 Å². The zero-order valence-corrected chi connectivity index (χ0v) is 19.6. The maximum atomic E-state index is 12.3. The first kappa shape index (κ1) is 26.0. The number of halogens is 4. The number of aliphatic imine (C=N–C) groups is 1. The Labute approximate surface area is 191 Å². The molecule has 2 N–H and O–H groups in total. The van der Waals surface area contributed by atoms with Crippen LogP contribution in [0.2, 0.25) is 0 Å². The highest BCUT2D eigenvalue weighted by atomic mass is 127. The van der Waals surface area contributed by atoms with Gasteiger partial charge in [0.1, 0.15) is 11.6 Å². The molecule has 0 radical (unpaired) electrons. The van der Waals surface area contributed by atoms with Crippen LogP contribution in [0.3, 0.4) is 0 Å². The van der Waals surface area contributed by atoms with Gasteiger partial charge in [-0.2, -0.15) is 13.2 Å². The molecule has 0 aliphatic carbocycles. The van der Waals surface area contributed by atoms with Crippen LogP contribution < -0.4 is 15.4 Å². The summed E-state index contributed by atoms with van der Waals surface area (Å²) in [6.07, 6.45) is -4.43. The third-order valence-corrected chi connectivity index (χ3v) is 4.35. The van der Waals surface area contributed by atoms with Crippen molar-refractivity contribution in [2.45, 2.75) is 45.5 Å². The number of guanidine groups is 1. The SMILES string of the molecule is COc1ccc(CN=C(NCCCCC(F)(F)F)NCc2nnc(C)n2C)cc1.I. The van der Waals surface area contributed by atoms with Gasteiger partial charge in [0.15, 0.2) is 11.8 Å². The van der Waals surface area contributed by atoms with Crippen LogP contribution in [0.4, 0.5) is 13.2 Å². The number of hydrogen-bond donors (Lipinski definition) is 2. The maximum Gasteiger partial charge on any atom is 0.389 e. The number of aryl methyl sites for hydroxylation is 1. The van der Waals surface area contributed by atoms with Gasteiger partial charge in [0, 0.05) is 20.0 Å². The lowest BCUT2D eigenvalue weighted by Gasteiger charge is -2.13. The summed E-state index contributed by atoms with van der Waals surface area (Å²) >= 11 is 0. The fourth-order valence-electron chi connectivity index (χ4n) is 2.50. The predicted octanol–water partition coefficient (Wildman–Crippen LogP) is 3.72. The summed E-state index contributed by atoms with van der Waals surface area (Å²) in [7, 11) is 3.47. The number of alkyl halides is 3. The molecule has 0 unspecified atom stereocenters. The van der Waals surface area contributed by atoms with Crippen molar-refractivity contribution in [3.63, 3.8) is 0 Å². The number of methoxy groups -OCH3 is 1. The molecule has 0 saturated carbocycles. The molecule has 1 aromatic carbocycles. The molecule has 2 rings (SSSR count). The quantitative estimate of drug-likeness (QED) is 0.220. The van der Waals surface area contributed by atoms with E-state index in [1.807, 2.05) is 42.8 Å². The number of unbranched alkanes of at least 4 members (excludes halogenated alkanes) is 1. The van der Waals surface area contributed by atoms with Crippen LogP contribution in [0.25, 0.3) is 0 Å². The first-order chi connectivity index (χ1) is 13.8. The Kier molecular flexibility index (Phi) is 10.9. The van der Waals surface area contributed by atoms with Crippen LogP contribution in [0.5, 0.6) is 5.75 Å². The highest BCUT2D eigenvalue weighted by Gasteiger charge is 2.25. The molecule has 0 spiro atoms. The topological polar surface area (TPSA) is 76.4 Å². The van der Waals surface area contributed by atoms with Gasteiger partial charge in [-0.3, -0.25) is 0 Å². The summed E-state index contributed by atoms with van der Waals surface area (Å²) in [5.74, 6) is 2.79. The Morgan fingerprint density at radius 1 is 1.13 bits per heavy atom. The van der Waals surface area contributed by atoms with Crippen LogP contribution in [-0.4, -0.2) is 40.6 Å². The van der Waals surface area contributed by atoms with Gasteiger partial charge >= 0.3 is 6.18 Å². The van der Waals surface area contributed by atoms with E-state index in [1.54, 1.807) is 7.11 Å². The Morgan fingerprint density at radius 2 is 1.83 bits per heavy atom. The Bertz CT molecular complexity index is 793. The summed E-state index contributed by atoms with van der Waals surface area (Å²) in [6, 6.07) is 7.53. The van der Waals surface area contributed by atoms with Crippen LogP contribution in [0, 0.1) is 6.92 Å². The first-order valence-electron chi connectivity index (χ1n) is 9.35. The number of nitrogens with one attached hydrogen (secondary N) is 2. The predicted molar refractivity (Wildman–Crippen MR) is 120 cm³/mol. The van der Waals surface area contributed by atoms with Gasteiger partial charge < -0.3 is 19.9 Å².